The highest BCUT2D eigenvalue weighted by Gasteiger charge is 2.33. The maximum atomic E-state index is 14.6. The van der Waals surface area contributed by atoms with Crippen LogP contribution in [0.25, 0.3) is 11.6 Å². The van der Waals surface area contributed by atoms with E-state index >= 15 is 0 Å². The third-order valence-corrected chi connectivity index (χ3v) is 5.58. The van der Waals surface area contributed by atoms with Crippen molar-refractivity contribution in [1.82, 2.24) is 0 Å². The first-order chi connectivity index (χ1) is 12.9. The third-order valence-electron chi connectivity index (χ3n) is 4.82. The molecule has 3 aromatic rings. The van der Waals surface area contributed by atoms with Gasteiger partial charge in [-0.3, -0.25) is 0 Å². The normalized spacial score (nSPS) is 15.3. The molecule has 0 spiro atoms. The monoisotopic (exact) mass is 381 g/mol. The van der Waals surface area contributed by atoms with E-state index in [0.29, 0.717) is 16.7 Å². The van der Waals surface area contributed by atoms with Crippen molar-refractivity contribution >= 4 is 23.0 Å². The highest BCUT2D eigenvalue weighted by atomic mass is 32.1. The minimum Gasteiger partial charge on any atom is -0.508 e. The van der Waals surface area contributed by atoms with E-state index in [4.69, 9.17) is 0 Å². The Hall–Kier alpha value is -3.17. The number of aromatic hydroxyl groups is 2. The van der Waals surface area contributed by atoms with E-state index < -0.39 is 23.3 Å². The number of aryl methyl sites for hydroxylation is 1. The maximum Gasteiger partial charge on any atom is 0.200 e. The zero-order chi connectivity index (χ0) is 19.3. The molecule has 1 aliphatic rings. The summed E-state index contributed by atoms with van der Waals surface area (Å²) in [5.41, 5.74) is 3.93. The van der Waals surface area contributed by atoms with Crippen molar-refractivity contribution in [1.29, 1.82) is 5.26 Å². The van der Waals surface area contributed by atoms with Crippen molar-refractivity contribution in [2.24, 2.45) is 0 Å². The highest BCUT2D eigenvalue weighted by Crippen LogP contribution is 2.50. The van der Waals surface area contributed by atoms with Crippen LogP contribution in [0, 0.1) is 29.9 Å². The van der Waals surface area contributed by atoms with Crippen molar-refractivity contribution in [3.05, 3.63) is 80.0 Å². The fourth-order valence-corrected chi connectivity index (χ4v) is 4.40. The second-order valence-corrected chi connectivity index (χ2v) is 7.15. The van der Waals surface area contributed by atoms with Crippen LogP contribution in [-0.2, 0) is 0 Å². The van der Waals surface area contributed by atoms with Crippen LogP contribution in [-0.4, -0.2) is 10.2 Å². The Balaban J connectivity index is 2.01. The number of phenolic OH excluding ortho intramolecular Hbond substituents is 2. The molecule has 0 radical (unpaired) electrons. The molecule has 2 aromatic carbocycles. The fourth-order valence-electron chi connectivity index (χ4n) is 3.60. The fraction of sp³-hybridized carbons (Fsp3) is 0.0952. The van der Waals surface area contributed by atoms with Gasteiger partial charge in [0, 0.05) is 16.9 Å². The Labute approximate surface area is 158 Å². The van der Waals surface area contributed by atoms with Crippen LogP contribution in [0.1, 0.15) is 39.3 Å². The van der Waals surface area contributed by atoms with Crippen LogP contribution in [0.4, 0.5) is 8.78 Å². The third kappa shape index (κ3) is 2.59. The quantitative estimate of drug-likeness (QED) is 0.633. The van der Waals surface area contributed by atoms with Gasteiger partial charge in [0.1, 0.15) is 11.8 Å². The van der Waals surface area contributed by atoms with E-state index in [1.54, 1.807) is 29.0 Å². The first-order valence-electron chi connectivity index (χ1n) is 8.11. The van der Waals surface area contributed by atoms with Crippen LogP contribution in [0.2, 0.25) is 0 Å². The predicted molar refractivity (Wildman–Crippen MR) is 99.6 cm³/mol. The number of fused-ring (bicyclic) bond motifs is 1. The molecule has 1 heterocycles. The molecule has 6 heteroatoms. The zero-order valence-corrected chi connectivity index (χ0v) is 14.9. The van der Waals surface area contributed by atoms with Crippen molar-refractivity contribution < 1.29 is 19.0 Å². The number of hydrogen-bond donors (Lipinski definition) is 2. The van der Waals surface area contributed by atoms with Gasteiger partial charge < -0.3 is 10.2 Å². The van der Waals surface area contributed by atoms with Gasteiger partial charge in [-0.25, -0.2) is 4.39 Å². The molecule has 1 aliphatic carbocycles. The Bertz CT molecular complexity index is 1160. The van der Waals surface area contributed by atoms with E-state index in [1.165, 1.54) is 17.4 Å². The number of allylic oxidation sites excluding steroid dienone is 1. The largest absolute Gasteiger partial charge is 0.508 e. The van der Waals surface area contributed by atoms with E-state index in [-0.39, 0.29) is 11.3 Å². The number of thiophene rings is 1. The van der Waals surface area contributed by atoms with Gasteiger partial charge in [0.25, 0.3) is 0 Å². The second kappa shape index (κ2) is 6.22. The molecular formula is C21H13F2NO2S. The lowest BCUT2D eigenvalue weighted by atomic mass is 9.84. The van der Waals surface area contributed by atoms with E-state index in [1.807, 2.05) is 6.92 Å². The number of halogens is 2. The Morgan fingerprint density at radius 1 is 1.07 bits per heavy atom. The van der Waals surface area contributed by atoms with Gasteiger partial charge in [0.2, 0.25) is 5.82 Å². The van der Waals surface area contributed by atoms with Crippen LogP contribution in [0.15, 0.2) is 35.0 Å². The lowest BCUT2D eigenvalue weighted by Crippen LogP contribution is -2.04. The number of nitriles is 1. The van der Waals surface area contributed by atoms with Crippen LogP contribution >= 0.6 is 11.3 Å². The standard InChI is InChI=1S/C21H13F2NO2S/c1-10-4-12(25)5-15-14(10)6-16(13-2-3-18(26)21(23)20(13)22)19(15)17-9-27-8-11(17)7-24/h2-6,8-9,19,25-26H,1H3. The van der Waals surface area contributed by atoms with Gasteiger partial charge in [0.05, 0.1) is 5.56 Å². The summed E-state index contributed by atoms with van der Waals surface area (Å²) in [6.07, 6.45) is 1.75. The molecule has 0 aliphatic heterocycles. The van der Waals surface area contributed by atoms with Gasteiger partial charge in [-0.05, 0) is 70.5 Å². The number of benzene rings is 2. The molecule has 2 N–H and O–H groups in total. The molecule has 0 bridgehead atoms. The van der Waals surface area contributed by atoms with Crippen molar-refractivity contribution in [2.75, 3.05) is 0 Å². The van der Waals surface area contributed by atoms with Crippen LogP contribution < -0.4 is 0 Å². The van der Waals surface area contributed by atoms with Gasteiger partial charge in [-0.1, -0.05) is 0 Å². The Kier molecular flexibility index (Phi) is 3.97. The summed E-state index contributed by atoms with van der Waals surface area (Å²) < 4.78 is 28.6. The van der Waals surface area contributed by atoms with E-state index in [0.717, 1.165) is 22.8 Å². The van der Waals surface area contributed by atoms with E-state index in [2.05, 4.69) is 6.07 Å². The molecule has 1 atom stereocenters. The average molecular weight is 381 g/mol. The summed E-state index contributed by atoms with van der Waals surface area (Å²) in [5.74, 6) is -3.67. The smallest absolute Gasteiger partial charge is 0.200 e. The van der Waals surface area contributed by atoms with Gasteiger partial charge in [-0.15, -0.1) is 0 Å². The molecule has 0 saturated heterocycles. The predicted octanol–water partition coefficient (Wildman–Crippen LogP) is 5.30. The Morgan fingerprint density at radius 2 is 1.85 bits per heavy atom. The summed E-state index contributed by atoms with van der Waals surface area (Å²) in [5, 5.41) is 32.4. The highest BCUT2D eigenvalue weighted by molar-refractivity contribution is 7.08. The van der Waals surface area contributed by atoms with Gasteiger partial charge >= 0.3 is 0 Å². The molecule has 1 aromatic heterocycles. The van der Waals surface area contributed by atoms with Crippen LogP contribution in [0.3, 0.4) is 0 Å². The van der Waals surface area contributed by atoms with Crippen LogP contribution in [0.5, 0.6) is 11.5 Å². The number of nitrogens with zero attached hydrogens (tertiary/aromatic N) is 1. The number of phenols is 2. The minimum atomic E-state index is -1.31. The molecule has 27 heavy (non-hydrogen) atoms. The molecular weight excluding hydrogens is 368 g/mol. The molecule has 3 nitrogen and oxygen atoms in total. The summed E-state index contributed by atoms with van der Waals surface area (Å²) in [6, 6.07) is 7.75. The summed E-state index contributed by atoms with van der Waals surface area (Å²) in [7, 11) is 0. The lowest BCUT2D eigenvalue weighted by molar-refractivity contribution is 0.406. The second-order valence-electron chi connectivity index (χ2n) is 6.41. The molecule has 0 fully saturated rings. The summed E-state index contributed by atoms with van der Waals surface area (Å²) in [6.45, 7) is 1.82. The molecule has 0 amide bonds. The summed E-state index contributed by atoms with van der Waals surface area (Å²) >= 11 is 1.35. The van der Waals surface area contributed by atoms with Crippen molar-refractivity contribution in [3.8, 4) is 17.6 Å². The van der Waals surface area contributed by atoms with Gasteiger partial charge in [0.15, 0.2) is 11.6 Å². The first-order valence-corrected chi connectivity index (χ1v) is 9.05. The minimum absolute atomic E-state index is 0.0143. The molecule has 1 unspecified atom stereocenters. The summed E-state index contributed by atoms with van der Waals surface area (Å²) in [4.78, 5) is 0. The van der Waals surface area contributed by atoms with Crippen molar-refractivity contribution in [2.45, 2.75) is 12.8 Å². The SMILES string of the molecule is Cc1cc(O)cc2c1C=C(c1ccc(O)c(F)c1F)C2c1cscc1C#N. The lowest BCUT2D eigenvalue weighted by Gasteiger charge is -2.18. The number of hydrogen-bond acceptors (Lipinski definition) is 4. The average Bonchev–Trinajstić information content (AvgIpc) is 3.23. The Morgan fingerprint density at radius 3 is 2.59 bits per heavy atom. The molecule has 134 valence electrons. The zero-order valence-electron chi connectivity index (χ0n) is 14.1. The molecule has 4 rings (SSSR count). The topological polar surface area (TPSA) is 64.2 Å². The maximum absolute atomic E-state index is 14.6. The molecule has 0 saturated carbocycles. The number of rotatable bonds is 2. The van der Waals surface area contributed by atoms with Crippen molar-refractivity contribution in [3.63, 3.8) is 0 Å². The first kappa shape index (κ1) is 17.3. The van der Waals surface area contributed by atoms with Gasteiger partial charge in [-0.2, -0.15) is 21.0 Å². The van der Waals surface area contributed by atoms with E-state index in [9.17, 15) is 24.3 Å².